The van der Waals surface area contributed by atoms with E-state index in [1.165, 1.54) is 0 Å². The average molecular weight is 747 g/mol. The average Bonchev–Trinajstić information content (AvgIpc) is 2.87. The number of halogens is 3. The molecular weight excluding hydrogens is 716 g/mol. The molecule has 0 radical (unpaired) electrons. The number of rotatable bonds is 8. The maximum Gasteiger partial charge on any atom is 0.307 e. The SMILES string of the molecule is COc1cc(C(c2cccc(C)c2)c2ccc(O)cc2Br)c(Oc2c(Br)cc(CC(=O)O)cc2Br)cc1C(C)(C)C. The van der Waals surface area contributed by atoms with Gasteiger partial charge in [-0.15, -0.1) is 0 Å². The van der Waals surface area contributed by atoms with Crippen molar-refractivity contribution in [1.29, 1.82) is 0 Å². The van der Waals surface area contributed by atoms with Crippen LogP contribution in [0.3, 0.4) is 0 Å². The number of benzene rings is 4. The smallest absolute Gasteiger partial charge is 0.307 e. The highest BCUT2D eigenvalue weighted by Gasteiger charge is 2.29. The summed E-state index contributed by atoms with van der Waals surface area (Å²) in [6, 6.07) is 21.2. The maximum absolute atomic E-state index is 11.3. The van der Waals surface area contributed by atoms with E-state index in [9.17, 15) is 15.0 Å². The molecule has 0 bridgehead atoms. The molecule has 4 aromatic carbocycles. The molecule has 0 saturated heterocycles. The number of carbonyl (C=O) groups is 1. The number of ether oxygens (including phenoxy) is 2. The van der Waals surface area contributed by atoms with E-state index < -0.39 is 5.97 Å². The van der Waals surface area contributed by atoms with Gasteiger partial charge in [-0.25, -0.2) is 0 Å². The zero-order valence-corrected chi connectivity index (χ0v) is 28.1. The van der Waals surface area contributed by atoms with Crippen LogP contribution >= 0.6 is 47.8 Å². The Morgan fingerprint density at radius 3 is 2.12 bits per heavy atom. The summed E-state index contributed by atoms with van der Waals surface area (Å²) in [6.45, 7) is 8.42. The number of hydrogen-bond acceptors (Lipinski definition) is 4. The summed E-state index contributed by atoms with van der Waals surface area (Å²) in [4.78, 5) is 11.3. The van der Waals surface area contributed by atoms with Gasteiger partial charge in [-0.1, -0.05) is 72.6 Å². The van der Waals surface area contributed by atoms with Crippen molar-refractivity contribution in [2.75, 3.05) is 7.11 Å². The molecule has 0 amide bonds. The van der Waals surface area contributed by atoms with E-state index >= 15 is 0 Å². The third kappa shape index (κ3) is 7.16. The number of aliphatic carboxylic acids is 1. The van der Waals surface area contributed by atoms with Crippen LogP contribution in [0, 0.1) is 6.92 Å². The molecule has 0 fully saturated rings. The first kappa shape index (κ1) is 31.1. The van der Waals surface area contributed by atoms with Crippen LogP contribution in [0.5, 0.6) is 23.0 Å². The van der Waals surface area contributed by atoms with Crippen molar-refractivity contribution in [3.8, 4) is 23.0 Å². The molecule has 0 saturated carbocycles. The van der Waals surface area contributed by atoms with Gasteiger partial charge in [-0.2, -0.15) is 0 Å². The molecule has 41 heavy (non-hydrogen) atoms. The van der Waals surface area contributed by atoms with E-state index in [-0.39, 0.29) is 23.5 Å². The number of methoxy groups -OCH3 is 1. The van der Waals surface area contributed by atoms with Crippen LogP contribution in [0.4, 0.5) is 0 Å². The maximum atomic E-state index is 11.3. The van der Waals surface area contributed by atoms with Crippen molar-refractivity contribution < 1.29 is 24.5 Å². The zero-order valence-electron chi connectivity index (χ0n) is 23.4. The number of aryl methyl sites for hydroxylation is 1. The lowest BCUT2D eigenvalue weighted by Crippen LogP contribution is -2.15. The van der Waals surface area contributed by atoms with Gasteiger partial charge in [-0.05, 0) is 97.3 Å². The Labute approximate surface area is 265 Å². The van der Waals surface area contributed by atoms with Crippen LogP contribution in [-0.2, 0) is 16.6 Å². The van der Waals surface area contributed by atoms with Gasteiger partial charge in [0.1, 0.15) is 17.2 Å². The second kappa shape index (κ2) is 12.6. The van der Waals surface area contributed by atoms with Crippen LogP contribution in [0.15, 0.2) is 80.1 Å². The quantitative estimate of drug-likeness (QED) is 0.176. The number of phenols is 1. The molecule has 1 atom stereocenters. The molecule has 0 heterocycles. The normalized spacial score (nSPS) is 12.2. The van der Waals surface area contributed by atoms with Gasteiger partial charge in [0.25, 0.3) is 0 Å². The first-order chi connectivity index (χ1) is 19.3. The third-order valence-electron chi connectivity index (χ3n) is 6.75. The standard InChI is InChI=1S/C33H31Br3O5/c1-18-7-6-8-20(11-18)31(22-10-9-21(37)15-25(22)34)23-16-29(40-5)24(33(2,3)4)17-28(23)41-32-26(35)12-19(13-27(32)36)14-30(38)39/h6-13,15-17,31,37H,14H2,1-5H3,(H,38,39). The van der Waals surface area contributed by atoms with Crippen molar-refractivity contribution >= 4 is 53.8 Å². The van der Waals surface area contributed by atoms with E-state index in [1.807, 2.05) is 24.3 Å². The van der Waals surface area contributed by atoms with E-state index in [1.54, 1.807) is 31.4 Å². The summed E-state index contributed by atoms with van der Waals surface area (Å²) >= 11 is 10.9. The van der Waals surface area contributed by atoms with Crippen LogP contribution in [0.2, 0.25) is 0 Å². The number of aromatic hydroxyl groups is 1. The van der Waals surface area contributed by atoms with Gasteiger partial charge in [0.05, 0.1) is 22.5 Å². The van der Waals surface area contributed by atoms with Gasteiger partial charge in [-0.3, -0.25) is 4.79 Å². The molecule has 0 aliphatic rings. The lowest BCUT2D eigenvalue weighted by atomic mass is 9.80. The number of carboxylic acid groups (broad SMARTS) is 1. The summed E-state index contributed by atoms with van der Waals surface area (Å²) in [5.41, 5.74) is 5.32. The summed E-state index contributed by atoms with van der Waals surface area (Å²) in [5, 5.41) is 19.5. The fourth-order valence-electron chi connectivity index (χ4n) is 4.87. The van der Waals surface area contributed by atoms with Crippen LogP contribution in [0.25, 0.3) is 0 Å². The van der Waals surface area contributed by atoms with Crippen molar-refractivity contribution in [3.63, 3.8) is 0 Å². The number of phenolic OH excluding ortho intramolecular Hbond substituents is 1. The predicted molar refractivity (Wildman–Crippen MR) is 173 cm³/mol. The summed E-state index contributed by atoms with van der Waals surface area (Å²) in [7, 11) is 1.67. The summed E-state index contributed by atoms with van der Waals surface area (Å²) < 4.78 is 14.7. The van der Waals surface area contributed by atoms with Gasteiger partial charge < -0.3 is 19.7 Å². The van der Waals surface area contributed by atoms with E-state index in [4.69, 9.17) is 9.47 Å². The summed E-state index contributed by atoms with van der Waals surface area (Å²) in [6.07, 6.45) is -0.107. The minimum absolute atomic E-state index is 0.107. The van der Waals surface area contributed by atoms with E-state index in [0.717, 1.165) is 38.0 Å². The van der Waals surface area contributed by atoms with Gasteiger partial charge in [0, 0.05) is 21.5 Å². The highest BCUT2D eigenvalue weighted by Crippen LogP contribution is 2.48. The Bertz CT molecular complexity index is 1580. The number of carboxylic acids is 1. The second-order valence-corrected chi connectivity index (χ2v) is 13.5. The molecule has 8 heteroatoms. The molecule has 5 nitrogen and oxygen atoms in total. The van der Waals surface area contributed by atoms with E-state index in [0.29, 0.717) is 26.0 Å². The molecule has 1 unspecified atom stereocenters. The largest absolute Gasteiger partial charge is 0.508 e. The Balaban J connectivity index is 2.02. The molecule has 214 valence electrons. The minimum Gasteiger partial charge on any atom is -0.508 e. The van der Waals surface area contributed by atoms with Crippen LogP contribution in [-0.4, -0.2) is 23.3 Å². The molecular formula is C33H31Br3O5. The lowest BCUT2D eigenvalue weighted by Gasteiger charge is -2.28. The Hall–Kier alpha value is -2.81. The monoisotopic (exact) mass is 744 g/mol. The molecule has 4 rings (SSSR count). The first-order valence-electron chi connectivity index (χ1n) is 12.9. The highest BCUT2D eigenvalue weighted by molar-refractivity contribution is 9.11. The van der Waals surface area contributed by atoms with Gasteiger partial charge in [0.15, 0.2) is 5.75 Å². The molecule has 0 aliphatic heterocycles. The lowest BCUT2D eigenvalue weighted by molar-refractivity contribution is -0.136. The van der Waals surface area contributed by atoms with Crippen LogP contribution < -0.4 is 9.47 Å². The fourth-order valence-corrected chi connectivity index (χ4v) is 6.91. The highest BCUT2D eigenvalue weighted by atomic mass is 79.9. The van der Waals surface area contributed by atoms with Crippen molar-refractivity contribution in [2.45, 2.75) is 45.4 Å². The molecule has 4 aromatic rings. The minimum atomic E-state index is -0.912. The fraction of sp³-hybridized carbons (Fsp3) is 0.242. The predicted octanol–water partition coefficient (Wildman–Crippen LogP) is 9.89. The van der Waals surface area contributed by atoms with Gasteiger partial charge >= 0.3 is 5.97 Å². The Kier molecular flexibility index (Phi) is 9.56. The second-order valence-electron chi connectivity index (χ2n) is 11.0. The molecule has 0 spiro atoms. The van der Waals surface area contributed by atoms with Crippen LogP contribution in [0.1, 0.15) is 60.1 Å². The van der Waals surface area contributed by atoms with Crippen molar-refractivity contribution in [2.24, 2.45) is 0 Å². The molecule has 0 aromatic heterocycles. The first-order valence-corrected chi connectivity index (χ1v) is 15.3. The topological polar surface area (TPSA) is 76.0 Å². The van der Waals surface area contributed by atoms with E-state index in [2.05, 4.69) is 93.7 Å². The Morgan fingerprint density at radius 1 is 0.878 bits per heavy atom. The molecule has 2 N–H and O–H groups in total. The Morgan fingerprint density at radius 2 is 1.56 bits per heavy atom. The van der Waals surface area contributed by atoms with Crippen molar-refractivity contribution in [3.05, 3.63) is 114 Å². The van der Waals surface area contributed by atoms with Crippen molar-refractivity contribution in [1.82, 2.24) is 0 Å². The molecule has 0 aliphatic carbocycles. The third-order valence-corrected chi connectivity index (χ3v) is 8.61. The number of hydrogen-bond donors (Lipinski definition) is 2. The summed E-state index contributed by atoms with van der Waals surface area (Å²) in [5.74, 6) is 0.849. The zero-order chi connectivity index (χ0) is 30.1. The van der Waals surface area contributed by atoms with Gasteiger partial charge in [0.2, 0.25) is 0 Å².